The Bertz CT molecular complexity index is 243. The maximum Gasteiger partial charge on any atom is 0.0183 e. The van der Waals surface area contributed by atoms with Crippen molar-refractivity contribution in [1.29, 1.82) is 0 Å². The largest absolute Gasteiger partial charge is 0.310 e. The van der Waals surface area contributed by atoms with Gasteiger partial charge in [0.25, 0.3) is 0 Å². The first-order chi connectivity index (χ1) is 7.28. The van der Waals surface area contributed by atoms with Gasteiger partial charge in [0.15, 0.2) is 0 Å². The smallest absolute Gasteiger partial charge is 0.0183 e. The van der Waals surface area contributed by atoms with Gasteiger partial charge in [0.1, 0.15) is 0 Å². The highest BCUT2D eigenvalue weighted by Gasteiger charge is 2.65. The molecule has 2 saturated carbocycles. The molecule has 0 aromatic rings. The topological polar surface area (TPSA) is 12.0 Å². The standard InChI is InChI=1S/C15H29N/c1-10-8-7-9-11(2)12(10)16-13-14(3,4)15(13,5)6/h10-13,16H,7-9H2,1-6H3. The van der Waals surface area contributed by atoms with Crippen molar-refractivity contribution in [2.24, 2.45) is 22.7 Å². The van der Waals surface area contributed by atoms with E-state index in [1.165, 1.54) is 19.3 Å². The van der Waals surface area contributed by atoms with Crippen molar-refractivity contribution in [2.75, 3.05) is 0 Å². The van der Waals surface area contributed by atoms with Crippen molar-refractivity contribution in [3.63, 3.8) is 0 Å². The van der Waals surface area contributed by atoms with E-state index in [4.69, 9.17) is 0 Å². The summed E-state index contributed by atoms with van der Waals surface area (Å²) in [7, 11) is 0. The molecule has 94 valence electrons. The molecule has 0 aromatic carbocycles. The minimum Gasteiger partial charge on any atom is -0.310 e. The van der Waals surface area contributed by atoms with Crippen molar-refractivity contribution in [2.45, 2.75) is 72.9 Å². The Morgan fingerprint density at radius 2 is 1.31 bits per heavy atom. The predicted molar refractivity (Wildman–Crippen MR) is 70.5 cm³/mol. The minimum absolute atomic E-state index is 0.476. The van der Waals surface area contributed by atoms with Gasteiger partial charge >= 0.3 is 0 Å². The maximum atomic E-state index is 3.97. The van der Waals surface area contributed by atoms with E-state index in [1.54, 1.807) is 0 Å². The fourth-order valence-electron chi connectivity index (χ4n) is 3.82. The summed E-state index contributed by atoms with van der Waals surface area (Å²) < 4.78 is 0. The maximum absolute atomic E-state index is 3.97. The lowest BCUT2D eigenvalue weighted by Gasteiger charge is -2.36. The zero-order chi connectivity index (χ0) is 12.1. The summed E-state index contributed by atoms with van der Waals surface area (Å²) in [5.41, 5.74) is 0.952. The van der Waals surface area contributed by atoms with Gasteiger partial charge in [0.05, 0.1) is 0 Å². The van der Waals surface area contributed by atoms with E-state index >= 15 is 0 Å². The average Bonchev–Trinajstić information content (AvgIpc) is 2.53. The lowest BCUT2D eigenvalue weighted by atomic mass is 9.78. The lowest BCUT2D eigenvalue weighted by Crippen LogP contribution is -2.45. The quantitative estimate of drug-likeness (QED) is 0.750. The predicted octanol–water partition coefficient (Wildman–Crippen LogP) is 3.84. The fourth-order valence-corrected chi connectivity index (χ4v) is 3.82. The molecule has 0 radical (unpaired) electrons. The van der Waals surface area contributed by atoms with Crippen LogP contribution in [0.1, 0.15) is 60.8 Å². The molecule has 1 N–H and O–H groups in total. The van der Waals surface area contributed by atoms with Crippen molar-refractivity contribution >= 4 is 0 Å². The highest BCUT2D eigenvalue weighted by Crippen LogP contribution is 2.63. The van der Waals surface area contributed by atoms with Crippen LogP contribution in [0.3, 0.4) is 0 Å². The third-order valence-corrected chi connectivity index (χ3v) is 5.92. The Kier molecular flexibility index (Phi) is 2.89. The zero-order valence-electron chi connectivity index (χ0n) is 11.9. The Labute approximate surface area is 101 Å². The van der Waals surface area contributed by atoms with E-state index in [0.717, 1.165) is 17.9 Å². The molecule has 2 aliphatic rings. The van der Waals surface area contributed by atoms with Crippen molar-refractivity contribution in [1.82, 2.24) is 5.32 Å². The van der Waals surface area contributed by atoms with Gasteiger partial charge < -0.3 is 5.32 Å². The third-order valence-electron chi connectivity index (χ3n) is 5.92. The Hall–Kier alpha value is -0.0400. The van der Waals surface area contributed by atoms with E-state index in [2.05, 4.69) is 46.9 Å². The van der Waals surface area contributed by atoms with Crippen LogP contribution in [0.25, 0.3) is 0 Å². The van der Waals surface area contributed by atoms with Gasteiger partial charge in [-0.15, -0.1) is 0 Å². The summed E-state index contributed by atoms with van der Waals surface area (Å²) >= 11 is 0. The van der Waals surface area contributed by atoms with Crippen LogP contribution in [0.5, 0.6) is 0 Å². The van der Waals surface area contributed by atoms with Crippen LogP contribution in [0.2, 0.25) is 0 Å². The van der Waals surface area contributed by atoms with Crippen LogP contribution < -0.4 is 5.32 Å². The molecule has 2 atom stereocenters. The molecule has 2 fully saturated rings. The number of nitrogens with one attached hydrogen (secondary N) is 1. The molecule has 0 spiro atoms. The first kappa shape index (κ1) is 12.4. The van der Waals surface area contributed by atoms with Crippen LogP contribution in [-0.4, -0.2) is 12.1 Å². The first-order valence-corrected chi connectivity index (χ1v) is 7.04. The second-order valence-corrected chi connectivity index (χ2v) is 7.45. The molecule has 2 unspecified atom stereocenters. The van der Waals surface area contributed by atoms with Crippen LogP contribution in [0.4, 0.5) is 0 Å². The van der Waals surface area contributed by atoms with Gasteiger partial charge in [-0.25, -0.2) is 0 Å². The number of rotatable bonds is 2. The molecule has 2 aliphatic carbocycles. The first-order valence-electron chi connectivity index (χ1n) is 7.04. The van der Waals surface area contributed by atoms with Gasteiger partial charge in [0.2, 0.25) is 0 Å². The van der Waals surface area contributed by atoms with Crippen molar-refractivity contribution < 1.29 is 0 Å². The second kappa shape index (κ2) is 3.73. The number of hydrogen-bond acceptors (Lipinski definition) is 1. The van der Waals surface area contributed by atoms with Gasteiger partial charge in [-0.05, 0) is 35.5 Å². The summed E-state index contributed by atoms with van der Waals surface area (Å²) in [6, 6.07) is 1.47. The molecule has 0 aliphatic heterocycles. The molecule has 0 heterocycles. The minimum atomic E-state index is 0.476. The van der Waals surface area contributed by atoms with Gasteiger partial charge in [-0.3, -0.25) is 0 Å². The molecule has 0 saturated heterocycles. The van der Waals surface area contributed by atoms with Crippen LogP contribution >= 0.6 is 0 Å². The SMILES string of the molecule is CC1CCCC(C)C1NC1C(C)(C)C1(C)C. The summed E-state index contributed by atoms with van der Waals surface area (Å²) in [5.74, 6) is 1.71. The van der Waals surface area contributed by atoms with Gasteiger partial charge in [-0.1, -0.05) is 48.0 Å². The molecule has 16 heavy (non-hydrogen) atoms. The molecule has 1 nitrogen and oxygen atoms in total. The Morgan fingerprint density at radius 3 is 1.69 bits per heavy atom. The molecule has 0 bridgehead atoms. The van der Waals surface area contributed by atoms with E-state index in [0.29, 0.717) is 16.9 Å². The summed E-state index contributed by atoms with van der Waals surface area (Å²) in [5, 5.41) is 3.97. The van der Waals surface area contributed by atoms with E-state index in [1.807, 2.05) is 0 Å². The summed E-state index contributed by atoms with van der Waals surface area (Å²) in [6.45, 7) is 14.5. The fraction of sp³-hybridized carbons (Fsp3) is 1.00. The molecule has 2 rings (SSSR count). The summed E-state index contributed by atoms with van der Waals surface area (Å²) in [6.07, 6.45) is 4.25. The highest BCUT2D eigenvalue weighted by molar-refractivity contribution is 5.18. The molecular formula is C15H29N. The van der Waals surface area contributed by atoms with Crippen LogP contribution in [-0.2, 0) is 0 Å². The second-order valence-electron chi connectivity index (χ2n) is 7.45. The summed E-state index contributed by atoms with van der Waals surface area (Å²) in [4.78, 5) is 0. The normalized spacial score (nSPS) is 42.0. The van der Waals surface area contributed by atoms with Gasteiger partial charge in [0, 0.05) is 12.1 Å². The molecule has 0 amide bonds. The van der Waals surface area contributed by atoms with Gasteiger partial charge in [-0.2, -0.15) is 0 Å². The van der Waals surface area contributed by atoms with E-state index < -0.39 is 0 Å². The highest BCUT2D eigenvalue weighted by atomic mass is 15.1. The van der Waals surface area contributed by atoms with E-state index in [9.17, 15) is 0 Å². The van der Waals surface area contributed by atoms with Crippen LogP contribution in [0.15, 0.2) is 0 Å². The molecule has 1 heteroatoms. The monoisotopic (exact) mass is 223 g/mol. The Balaban J connectivity index is 2.00. The van der Waals surface area contributed by atoms with E-state index in [-0.39, 0.29) is 0 Å². The van der Waals surface area contributed by atoms with Crippen molar-refractivity contribution in [3.8, 4) is 0 Å². The molecule has 0 aromatic heterocycles. The lowest BCUT2D eigenvalue weighted by molar-refractivity contribution is 0.199. The average molecular weight is 223 g/mol. The molecular weight excluding hydrogens is 194 g/mol. The number of hydrogen-bond donors (Lipinski definition) is 1. The third kappa shape index (κ3) is 1.72. The van der Waals surface area contributed by atoms with Crippen LogP contribution in [0, 0.1) is 22.7 Å². The zero-order valence-corrected chi connectivity index (χ0v) is 11.9. The van der Waals surface area contributed by atoms with Crippen molar-refractivity contribution in [3.05, 3.63) is 0 Å². The Morgan fingerprint density at radius 1 is 0.875 bits per heavy atom.